The number of nitrogens with one attached hydrogen (secondary N) is 1. The molecule has 1 N–H and O–H groups in total. The lowest BCUT2D eigenvalue weighted by Gasteiger charge is -2.08. The maximum atomic E-state index is 11.0. The fraction of sp³-hybridized carbons (Fsp3) is 0.308. The van der Waals surface area contributed by atoms with Crippen molar-refractivity contribution in [2.45, 2.75) is 13.3 Å². The highest BCUT2D eigenvalue weighted by Gasteiger charge is 2.05. The van der Waals surface area contributed by atoms with Gasteiger partial charge in [-0.15, -0.1) is 0 Å². The number of carbonyl (C=O) groups is 1. The van der Waals surface area contributed by atoms with Crippen LogP contribution in [0.3, 0.4) is 0 Å². The summed E-state index contributed by atoms with van der Waals surface area (Å²) in [5, 5.41) is 3.10. The average molecular weight is 245 g/mol. The number of esters is 1. The number of methoxy groups -OCH3 is 1. The molecule has 94 valence electrons. The summed E-state index contributed by atoms with van der Waals surface area (Å²) in [6.45, 7) is 2.38. The number of rotatable bonds is 4. The summed E-state index contributed by atoms with van der Waals surface area (Å²) in [5.41, 5.74) is 2.52. The molecule has 1 heterocycles. The molecule has 1 aromatic carbocycles. The number of ether oxygens (including phenoxy) is 1. The van der Waals surface area contributed by atoms with Crippen LogP contribution in [0.1, 0.15) is 12.1 Å². The van der Waals surface area contributed by atoms with Gasteiger partial charge >= 0.3 is 5.97 Å². The first-order chi connectivity index (χ1) is 8.70. The largest absolute Gasteiger partial charge is 0.469 e. The van der Waals surface area contributed by atoms with Crippen LogP contribution < -0.4 is 5.32 Å². The Morgan fingerprint density at radius 1 is 1.28 bits per heavy atom. The van der Waals surface area contributed by atoms with E-state index in [2.05, 4.69) is 20.0 Å². The van der Waals surface area contributed by atoms with Gasteiger partial charge in [-0.3, -0.25) is 4.79 Å². The molecule has 0 aliphatic carbocycles. The third-order valence-electron chi connectivity index (χ3n) is 2.59. The van der Waals surface area contributed by atoms with Crippen molar-refractivity contribution in [1.29, 1.82) is 0 Å². The number of anilines is 1. The molecule has 2 aromatic rings. The molecule has 2 rings (SSSR count). The van der Waals surface area contributed by atoms with Gasteiger partial charge in [0.25, 0.3) is 0 Å². The normalized spacial score (nSPS) is 10.3. The van der Waals surface area contributed by atoms with Crippen molar-refractivity contribution in [2.24, 2.45) is 0 Å². The summed E-state index contributed by atoms with van der Waals surface area (Å²) < 4.78 is 4.57. The zero-order valence-corrected chi connectivity index (χ0v) is 10.4. The maximum Gasteiger partial charge on any atom is 0.307 e. The van der Waals surface area contributed by atoms with E-state index in [1.54, 1.807) is 0 Å². The number of aromatic nitrogens is 2. The lowest BCUT2D eigenvalue weighted by molar-refractivity contribution is -0.140. The van der Waals surface area contributed by atoms with Gasteiger partial charge in [0, 0.05) is 6.54 Å². The maximum absolute atomic E-state index is 11.0. The van der Waals surface area contributed by atoms with Crippen LogP contribution in [0.5, 0.6) is 0 Å². The molecule has 0 saturated heterocycles. The Bertz CT molecular complexity index is 569. The molecule has 5 nitrogen and oxygen atoms in total. The molecule has 0 atom stereocenters. The molecule has 0 fully saturated rings. The number of hydrogen-bond donors (Lipinski definition) is 1. The Hall–Kier alpha value is -2.17. The van der Waals surface area contributed by atoms with Crippen LogP contribution >= 0.6 is 0 Å². The number of fused-ring (bicyclic) bond motifs is 1. The Morgan fingerprint density at radius 3 is 2.61 bits per heavy atom. The van der Waals surface area contributed by atoms with Crippen LogP contribution in [-0.4, -0.2) is 29.6 Å². The van der Waals surface area contributed by atoms with Gasteiger partial charge < -0.3 is 10.1 Å². The van der Waals surface area contributed by atoms with E-state index in [0.717, 1.165) is 16.7 Å². The van der Waals surface area contributed by atoms with Gasteiger partial charge in [0.15, 0.2) is 0 Å². The lowest BCUT2D eigenvalue weighted by atomic mass is 10.3. The summed E-state index contributed by atoms with van der Waals surface area (Å²) in [6.07, 6.45) is 0.310. The molecule has 0 spiro atoms. The number of hydrogen-bond acceptors (Lipinski definition) is 5. The van der Waals surface area contributed by atoms with Crippen LogP contribution in [0.4, 0.5) is 5.82 Å². The highest BCUT2D eigenvalue weighted by Crippen LogP contribution is 2.15. The van der Waals surface area contributed by atoms with E-state index in [0.29, 0.717) is 18.8 Å². The fourth-order valence-electron chi connectivity index (χ4n) is 1.64. The Morgan fingerprint density at radius 2 is 1.94 bits per heavy atom. The molecular formula is C13H15N3O2. The second-order valence-electron chi connectivity index (χ2n) is 3.90. The van der Waals surface area contributed by atoms with Crippen molar-refractivity contribution in [1.82, 2.24) is 9.97 Å². The van der Waals surface area contributed by atoms with Crippen LogP contribution in [-0.2, 0) is 9.53 Å². The van der Waals surface area contributed by atoms with Crippen molar-refractivity contribution < 1.29 is 9.53 Å². The molecule has 0 saturated carbocycles. The fourth-order valence-corrected chi connectivity index (χ4v) is 1.64. The van der Waals surface area contributed by atoms with Crippen molar-refractivity contribution in [3.8, 4) is 0 Å². The SMILES string of the molecule is COC(=O)CCNc1nc2ccccc2nc1C. The van der Waals surface area contributed by atoms with Gasteiger partial charge in [-0.2, -0.15) is 0 Å². The zero-order valence-electron chi connectivity index (χ0n) is 10.4. The molecule has 0 amide bonds. The van der Waals surface area contributed by atoms with E-state index in [1.165, 1.54) is 7.11 Å². The zero-order chi connectivity index (χ0) is 13.0. The number of carbonyl (C=O) groups excluding carboxylic acids is 1. The smallest absolute Gasteiger partial charge is 0.307 e. The van der Waals surface area contributed by atoms with E-state index < -0.39 is 0 Å². The van der Waals surface area contributed by atoms with E-state index in [4.69, 9.17) is 0 Å². The van der Waals surface area contributed by atoms with Crippen LogP contribution in [0.25, 0.3) is 11.0 Å². The molecule has 0 radical (unpaired) electrons. The first-order valence-corrected chi connectivity index (χ1v) is 5.75. The second-order valence-corrected chi connectivity index (χ2v) is 3.90. The molecule has 18 heavy (non-hydrogen) atoms. The minimum Gasteiger partial charge on any atom is -0.469 e. The summed E-state index contributed by atoms with van der Waals surface area (Å²) in [4.78, 5) is 19.9. The molecule has 0 aliphatic rings. The minimum atomic E-state index is -0.242. The van der Waals surface area contributed by atoms with Crippen LogP contribution in [0.15, 0.2) is 24.3 Å². The highest BCUT2D eigenvalue weighted by atomic mass is 16.5. The van der Waals surface area contributed by atoms with Gasteiger partial charge in [0.1, 0.15) is 5.82 Å². The summed E-state index contributed by atoms with van der Waals surface area (Å²) in [7, 11) is 1.38. The van der Waals surface area contributed by atoms with E-state index in [1.807, 2.05) is 31.2 Å². The molecule has 0 unspecified atom stereocenters. The second kappa shape index (κ2) is 5.44. The first-order valence-electron chi connectivity index (χ1n) is 5.75. The standard InChI is InChI=1S/C13H15N3O2/c1-9-13(14-8-7-12(17)18-2)16-11-6-4-3-5-10(11)15-9/h3-6H,7-8H2,1-2H3,(H,14,16). The Balaban J connectivity index is 2.13. The van der Waals surface area contributed by atoms with Gasteiger partial charge in [0.05, 0.1) is 30.3 Å². The number of para-hydroxylation sites is 2. The van der Waals surface area contributed by atoms with E-state index >= 15 is 0 Å². The van der Waals surface area contributed by atoms with Crippen LogP contribution in [0, 0.1) is 6.92 Å². The predicted octanol–water partition coefficient (Wildman–Crippen LogP) is 1.91. The van der Waals surface area contributed by atoms with Gasteiger partial charge in [-0.1, -0.05) is 12.1 Å². The first kappa shape index (κ1) is 12.3. The van der Waals surface area contributed by atoms with E-state index in [-0.39, 0.29) is 5.97 Å². The Kier molecular flexibility index (Phi) is 3.72. The topological polar surface area (TPSA) is 64.1 Å². The van der Waals surface area contributed by atoms with Crippen molar-refractivity contribution in [3.05, 3.63) is 30.0 Å². The van der Waals surface area contributed by atoms with Gasteiger partial charge in [-0.25, -0.2) is 9.97 Å². The van der Waals surface area contributed by atoms with E-state index in [9.17, 15) is 4.79 Å². The minimum absolute atomic E-state index is 0.242. The monoisotopic (exact) mass is 245 g/mol. The highest BCUT2D eigenvalue weighted by molar-refractivity contribution is 5.76. The van der Waals surface area contributed by atoms with Crippen molar-refractivity contribution in [2.75, 3.05) is 19.0 Å². The quantitative estimate of drug-likeness (QED) is 0.834. The molecule has 5 heteroatoms. The lowest BCUT2D eigenvalue weighted by Crippen LogP contribution is -2.11. The van der Waals surface area contributed by atoms with Crippen molar-refractivity contribution in [3.63, 3.8) is 0 Å². The number of nitrogens with zero attached hydrogens (tertiary/aromatic N) is 2. The number of aryl methyl sites for hydroxylation is 1. The molecule has 0 bridgehead atoms. The summed E-state index contributed by atoms with van der Waals surface area (Å²) in [6, 6.07) is 7.69. The summed E-state index contributed by atoms with van der Waals surface area (Å²) >= 11 is 0. The summed E-state index contributed by atoms with van der Waals surface area (Å²) in [5.74, 6) is 0.464. The molecular weight excluding hydrogens is 230 g/mol. The predicted molar refractivity (Wildman–Crippen MR) is 69.4 cm³/mol. The third kappa shape index (κ3) is 2.74. The molecule has 1 aromatic heterocycles. The Labute approximate surface area is 105 Å². The van der Waals surface area contributed by atoms with Gasteiger partial charge in [-0.05, 0) is 19.1 Å². The van der Waals surface area contributed by atoms with Crippen molar-refractivity contribution >= 4 is 22.8 Å². The third-order valence-corrected chi connectivity index (χ3v) is 2.59. The average Bonchev–Trinajstić information content (AvgIpc) is 2.39. The van der Waals surface area contributed by atoms with Crippen LogP contribution in [0.2, 0.25) is 0 Å². The van der Waals surface area contributed by atoms with Gasteiger partial charge in [0.2, 0.25) is 0 Å². The number of benzene rings is 1. The molecule has 0 aliphatic heterocycles.